The van der Waals surface area contributed by atoms with Crippen molar-refractivity contribution in [1.82, 2.24) is 0 Å². The third-order valence-electron chi connectivity index (χ3n) is 2.03. The van der Waals surface area contributed by atoms with Crippen molar-refractivity contribution in [2.24, 2.45) is 0 Å². The molecule has 0 saturated carbocycles. The first-order valence-electron chi connectivity index (χ1n) is 5.06. The molecule has 1 heteroatoms. The summed E-state index contributed by atoms with van der Waals surface area (Å²) in [6.45, 7) is 2.28. The van der Waals surface area contributed by atoms with Gasteiger partial charge in [-0.3, -0.25) is 0 Å². The summed E-state index contributed by atoms with van der Waals surface area (Å²) in [5.74, 6) is 0. The monoisotopic (exact) mass is 263 g/mol. The van der Waals surface area contributed by atoms with E-state index in [4.69, 9.17) is 0 Å². The third-order valence-corrected chi connectivity index (χ3v) is 5.89. The SMILES string of the molecule is CCCCCCC[CH2][Sn+]([CH3])[CH3]. The van der Waals surface area contributed by atoms with E-state index >= 15 is 0 Å². The van der Waals surface area contributed by atoms with Crippen molar-refractivity contribution in [2.45, 2.75) is 59.8 Å². The molecule has 0 radical (unpaired) electrons. The molecule has 0 spiro atoms. The Morgan fingerprint density at radius 3 is 1.91 bits per heavy atom. The summed E-state index contributed by atoms with van der Waals surface area (Å²) in [4.78, 5) is 5.02. The van der Waals surface area contributed by atoms with Gasteiger partial charge >= 0.3 is 79.5 Å². The van der Waals surface area contributed by atoms with Crippen molar-refractivity contribution in [3.05, 3.63) is 0 Å². The van der Waals surface area contributed by atoms with Crippen LogP contribution in [0.25, 0.3) is 0 Å². The van der Waals surface area contributed by atoms with Crippen LogP contribution in [0.4, 0.5) is 0 Å². The van der Waals surface area contributed by atoms with E-state index < -0.39 is 19.8 Å². The molecule has 0 saturated heterocycles. The van der Waals surface area contributed by atoms with Crippen LogP contribution in [0.15, 0.2) is 0 Å². The Hall–Kier alpha value is 0.799. The summed E-state index contributed by atoms with van der Waals surface area (Å²) in [6.07, 6.45) is 8.83. The van der Waals surface area contributed by atoms with E-state index in [0.717, 1.165) is 0 Å². The van der Waals surface area contributed by atoms with Crippen LogP contribution in [-0.4, -0.2) is 19.8 Å². The first kappa shape index (κ1) is 11.8. The quantitative estimate of drug-likeness (QED) is 0.478. The number of rotatable bonds is 7. The molecule has 0 aromatic carbocycles. The predicted octanol–water partition coefficient (Wildman–Crippen LogP) is 4.10. The van der Waals surface area contributed by atoms with Crippen LogP contribution < -0.4 is 0 Å². The van der Waals surface area contributed by atoms with Crippen molar-refractivity contribution in [1.29, 1.82) is 0 Å². The fourth-order valence-electron chi connectivity index (χ4n) is 1.26. The van der Waals surface area contributed by atoms with Crippen molar-refractivity contribution in [3.8, 4) is 0 Å². The average Bonchev–Trinajstić information content (AvgIpc) is 1.96. The molecule has 0 N–H and O–H groups in total. The van der Waals surface area contributed by atoms with Gasteiger partial charge in [-0.2, -0.15) is 0 Å². The molecule has 0 unspecified atom stereocenters. The van der Waals surface area contributed by atoms with E-state index in [1.165, 1.54) is 38.5 Å². The van der Waals surface area contributed by atoms with Gasteiger partial charge in [0.05, 0.1) is 0 Å². The molecule has 0 aromatic heterocycles. The average molecular weight is 262 g/mol. The second kappa shape index (κ2) is 8.89. The van der Waals surface area contributed by atoms with E-state index in [2.05, 4.69) is 16.8 Å². The van der Waals surface area contributed by atoms with Gasteiger partial charge in [-0.1, -0.05) is 0 Å². The van der Waals surface area contributed by atoms with Crippen LogP contribution >= 0.6 is 0 Å². The van der Waals surface area contributed by atoms with E-state index in [1.54, 1.807) is 4.44 Å². The predicted molar refractivity (Wildman–Crippen MR) is 55.7 cm³/mol. The Labute approximate surface area is 79.5 Å². The molecule has 0 nitrogen and oxygen atoms in total. The second-order valence-corrected chi connectivity index (χ2v) is 12.0. The summed E-state index contributed by atoms with van der Waals surface area (Å²) >= 11 is -0.701. The van der Waals surface area contributed by atoms with Gasteiger partial charge in [0.2, 0.25) is 0 Å². The molecule has 0 atom stereocenters. The molecule has 0 rings (SSSR count). The zero-order valence-electron chi connectivity index (χ0n) is 8.45. The molecular weight excluding hydrogens is 239 g/mol. The molecule has 0 aliphatic rings. The summed E-state index contributed by atoms with van der Waals surface area (Å²) < 4.78 is 1.62. The standard InChI is InChI=1S/C8H17.2CH3.Sn/c1-3-5-7-8-6-4-2;;;/h1,3-8H2,2H3;2*1H3;/q;;;+1. The van der Waals surface area contributed by atoms with E-state index in [1.807, 2.05) is 0 Å². The molecule has 0 amide bonds. The minimum atomic E-state index is -0.701. The van der Waals surface area contributed by atoms with Crippen molar-refractivity contribution in [2.75, 3.05) is 0 Å². The molecule has 66 valence electrons. The Kier molecular flexibility index (Phi) is 9.54. The van der Waals surface area contributed by atoms with E-state index in [0.29, 0.717) is 0 Å². The molecule has 0 aromatic rings. The Bertz CT molecular complexity index is 69.3. The number of hydrogen-bond donors (Lipinski definition) is 0. The third kappa shape index (κ3) is 10.8. The number of hydrogen-bond acceptors (Lipinski definition) is 0. The first-order valence-corrected chi connectivity index (χ1v) is 12.8. The number of unbranched alkanes of at least 4 members (excludes halogenated alkanes) is 5. The Morgan fingerprint density at radius 1 is 0.818 bits per heavy atom. The van der Waals surface area contributed by atoms with Crippen molar-refractivity contribution in [3.63, 3.8) is 0 Å². The maximum atomic E-state index is 2.51. The van der Waals surface area contributed by atoms with Gasteiger partial charge in [0.15, 0.2) is 0 Å². The van der Waals surface area contributed by atoms with Crippen LogP contribution in [0.2, 0.25) is 14.3 Å². The van der Waals surface area contributed by atoms with E-state index in [-0.39, 0.29) is 0 Å². The minimum absolute atomic E-state index is 0.701. The van der Waals surface area contributed by atoms with Crippen LogP contribution in [0.3, 0.4) is 0 Å². The summed E-state index contributed by atoms with van der Waals surface area (Å²) in [6, 6.07) is 0. The first-order chi connectivity index (χ1) is 5.27. The van der Waals surface area contributed by atoms with Gasteiger partial charge in [-0.05, 0) is 0 Å². The van der Waals surface area contributed by atoms with Gasteiger partial charge in [0, 0.05) is 0 Å². The van der Waals surface area contributed by atoms with Gasteiger partial charge < -0.3 is 0 Å². The molecule has 0 aliphatic heterocycles. The van der Waals surface area contributed by atoms with Crippen LogP contribution in [0.1, 0.15) is 45.4 Å². The van der Waals surface area contributed by atoms with E-state index in [9.17, 15) is 0 Å². The van der Waals surface area contributed by atoms with Gasteiger partial charge in [-0.15, -0.1) is 0 Å². The molecule has 11 heavy (non-hydrogen) atoms. The fourth-order valence-corrected chi connectivity index (χ4v) is 3.99. The topological polar surface area (TPSA) is 0 Å². The molecule has 0 aliphatic carbocycles. The molecule has 0 heterocycles. The van der Waals surface area contributed by atoms with Crippen LogP contribution in [0.5, 0.6) is 0 Å². The summed E-state index contributed by atoms with van der Waals surface area (Å²) in [7, 11) is 0. The Balaban J connectivity index is 2.80. The summed E-state index contributed by atoms with van der Waals surface area (Å²) in [5, 5.41) is 0. The molecular formula is C10H23Sn+. The molecule has 0 bridgehead atoms. The van der Waals surface area contributed by atoms with Crippen molar-refractivity contribution >= 4 is 19.8 Å². The fraction of sp³-hybridized carbons (Fsp3) is 1.00. The van der Waals surface area contributed by atoms with Crippen molar-refractivity contribution < 1.29 is 0 Å². The summed E-state index contributed by atoms with van der Waals surface area (Å²) in [5.41, 5.74) is 0. The zero-order chi connectivity index (χ0) is 8.53. The Morgan fingerprint density at radius 2 is 1.36 bits per heavy atom. The maximum absolute atomic E-state index is 2.51. The van der Waals surface area contributed by atoms with Crippen LogP contribution in [-0.2, 0) is 0 Å². The normalized spacial score (nSPS) is 10.1. The second-order valence-electron chi connectivity index (χ2n) is 3.72. The van der Waals surface area contributed by atoms with Gasteiger partial charge in [-0.25, -0.2) is 0 Å². The zero-order valence-corrected chi connectivity index (χ0v) is 11.3. The van der Waals surface area contributed by atoms with Gasteiger partial charge in [0.1, 0.15) is 0 Å². The molecule has 0 fully saturated rings. The van der Waals surface area contributed by atoms with Crippen LogP contribution in [0, 0.1) is 0 Å². The van der Waals surface area contributed by atoms with Gasteiger partial charge in [0.25, 0.3) is 0 Å².